The second-order valence-electron chi connectivity index (χ2n) is 6.60. The number of esters is 1. The number of ether oxygens (including phenoxy) is 1. The van der Waals surface area contributed by atoms with Crippen LogP contribution in [0.4, 0.5) is 13.2 Å². The number of amides is 1. The summed E-state index contributed by atoms with van der Waals surface area (Å²) in [6, 6.07) is 13.2. The van der Waals surface area contributed by atoms with E-state index in [1.54, 1.807) is 37.3 Å². The first-order valence-electron chi connectivity index (χ1n) is 9.43. The van der Waals surface area contributed by atoms with Gasteiger partial charge in [0, 0.05) is 18.7 Å². The molecule has 1 unspecified atom stereocenters. The molecule has 0 aliphatic rings. The summed E-state index contributed by atoms with van der Waals surface area (Å²) in [5.74, 6) is -1.21. The molecule has 0 radical (unpaired) electrons. The second-order valence-corrected chi connectivity index (χ2v) is 6.60. The molecule has 29 heavy (non-hydrogen) atoms. The molecule has 1 amide bonds. The first-order chi connectivity index (χ1) is 13.8. The molecule has 0 heterocycles. The van der Waals surface area contributed by atoms with Crippen LogP contribution in [-0.4, -0.2) is 29.9 Å². The number of carbonyl (C=O) groups excluding carboxylic acids is 2. The molecule has 2 aromatic carbocycles. The monoisotopic (exact) mass is 407 g/mol. The van der Waals surface area contributed by atoms with Crippen molar-refractivity contribution in [1.82, 2.24) is 4.90 Å². The molecule has 4 nitrogen and oxygen atoms in total. The van der Waals surface area contributed by atoms with Gasteiger partial charge in [0.1, 0.15) is 0 Å². The van der Waals surface area contributed by atoms with Gasteiger partial charge in [0.15, 0.2) is 0 Å². The number of hydrogen-bond donors (Lipinski definition) is 0. The molecule has 0 aliphatic heterocycles. The third-order valence-corrected chi connectivity index (χ3v) is 4.52. The number of rotatable bonds is 8. The van der Waals surface area contributed by atoms with Crippen LogP contribution in [0.15, 0.2) is 54.6 Å². The van der Waals surface area contributed by atoms with Gasteiger partial charge in [-0.25, -0.2) is 0 Å². The van der Waals surface area contributed by atoms with Crippen molar-refractivity contribution in [3.63, 3.8) is 0 Å². The van der Waals surface area contributed by atoms with E-state index < -0.39 is 23.6 Å². The van der Waals surface area contributed by atoms with Crippen molar-refractivity contribution in [2.24, 2.45) is 5.92 Å². The van der Waals surface area contributed by atoms with E-state index >= 15 is 0 Å². The van der Waals surface area contributed by atoms with Crippen LogP contribution in [0.2, 0.25) is 0 Å². The van der Waals surface area contributed by atoms with Gasteiger partial charge in [-0.2, -0.15) is 13.2 Å². The first-order valence-corrected chi connectivity index (χ1v) is 9.43. The van der Waals surface area contributed by atoms with Crippen LogP contribution in [0, 0.1) is 5.92 Å². The van der Waals surface area contributed by atoms with Crippen LogP contribution in [-0.2, 0) is 22.3 Å². The molecule has 0 saturated carbocycles. The van der Waals surface area contributed by atoms with Gasteiger partial charge in [-0.15, -0.1) is 0 Å². The van der Waals surface area contributed by atoms with Crippen LogP contribution in [0.1, 0.15) is 41.8 Å². The number of benzene rings is 2. The van der Waals surface area contributed by atoms with Gasteiger partial charge in [0.05, 0.1) is 18.1 Å². The maximum atomic E-state index is 13.0. The summed E-state index contributed by atoms with van der Waals surface area (Å²) in [6.45, 7) is 3.97. The van der Waals surface area contributed by atoms with Gasteiger partial charge in [-0.05, 0) is 43.2 Å². The van der Waals surface area contributed by atoms with E-state index in [2.05, 4.69) is 0 Å². The fourth-order valence-corrected chi connectivity index (χ4v) is 2.90. The zero-order valence-electron chi connectivity index (χ0n) is 16.4. The van der Waals surface area contributed by atoms with E-state index in [0.717, 1.165) is 12.1 Å². The van der Waals surface area contributed by atoms with Crippen molar-refractivity contribution in [2.75, 3.05) is 13.2 Å². The predicted molar refractivity (Wildman–Crippen MR) is 103 cm³/mol. The second kappa shape index (κ2) is 10.1. The van der Waals surface area contributed by atoms with E-state index in [4.69, 9.17) is 4.74 Å². The SMILES string of the molecule is CCOC(=O)C(CC)CN(Cc1ccc(C(F)(F)F)cc1)C(=O)c1ccccc1. The molecule has 2 aromatic rings. The summed E-state index contributed by atoms with van der Waals surface area (Å²) >= 11 is 0. The van der Waals surface area contributed by atoms with E-state index in [1.807, 2.05) is 6.92 Å². The molecular weight excluding hydrogens is 383 g/mol. The highest BCUT2D eigenvalue weighted by molar-refractivity contribution is 5.94. The molecule has 0 bridgehead atoms. The minimum Gasteiger partial charge on any atom is -0.466 e. The van der Waals surface area contributed by atoms with Crippen molar-refractivity contribution in [2.45, 2.75) is 33.0 Å². The highest BCUT2D eigenvalue weighted by atomic mass is 19.4. The Hall–Kier alpha value is -2.83. The number of halogens is 3. The molecule has 156 valence electrons. The lowest BCUT2D eigenvalue weighted by molar-refractivity contribution is -0.148. The minimum absolute atomic E-state index is 0.0851. The van der Waals surface area contributed by atoms with Gasteiger partial charge in [0.2, 0.25) is 0 Å². The highest BCUT2D eigenvalue weighted by Gasteiger charge is 2.30. The lowest BCUT2D eigenvalue weighted by atomic mass is 10.0. The summed E-state index contributed by atoms with van der Waals surface area (Å²) < 4.78 is 43.5. The Balaban J connectivity index is 2.26. The summed E-state index contributed by atoms with van der Waals surface area (Å²) in [5.41, 5.74) is 0.235. The van der Waals surface area contributed by atoms with E-state index in [1.165, 1.54) is 17.0 Å². The molecular formula is C22H24F3NO3. The average molecular weight is 407 g/mol. The number of nitrogens with zero attached hydrogens (tertiary/aromatic N) is 1. The lowest BCUT2D eigenvalue weighted by Gasteiger charge is -2.27. The molecule has 1 atom stereocenters. The van der Waals surface area contributed by atoms with Crippen LogP contribution < -0.4 is 0 Å². The van der Waals surface area contributed by atoms with Crippen molar-refractivity contribution >= 4 is 11.9 Å². The molecule has 0 spiro atoms. The van der Waals surface area contributed by atoms with Crippen molar-refractivity contribution in [1.29, 1.82) is 0 Å². The number of alkyl halides is 3. The van der Waals surface area contributed by atoms with E-state index in [9.17, 15) is 22.8 Å². The fraction of sp³-hybridized carbons (Fsp3) is 0.364. The lowest BCUT2D eigenvalue weighted by Crippen LogP contribution is -2.38. The topological polar surface area (TPSA) is 46.6 Å². The molecule has 2 rings (SSSR count). The Bertz CT molecular complexity index is 804. The Morgan fingerprint density at radius 2 is 1.62 bits per heavy atom. The van der Waals surface area contributed by atoms with E-state index in [0.29, 0.717) is 17.5 Å². The van der Waals surface area contributed by atoms with Crippen LogP contribution >= 0.6 is 0 Å². The van der Waals surface area contributed by atoms with Gasteiger partial charge in [-0.3, -0.25) is 9.59 Å². The van der Waals surface area contributed by atoms with Crippen LogP contribution in [0.25, 0.3) is 0 Å². The Morgan fingerprint density at radius 1 is 1.00 bits per heavy atom. The molecule has 7 heteroatoms. The van der Waals surface area contributed by atoms with Gasteiger partial charge < -0.3 is 9.64 Å². The van der Waals surface area contributed by atoms with Crippen LogP contribution in [0.3, 0.4) is 0 Å². The smallest absolute Gasteiger partial charge is 0.416 e. The van der Waals surface area contributed by atoms with Crippen molar-refractivity contribution < 1.29 is 27.5 Å². The number of carbonyl (C=O) groups is 2. The van der Waals surface area contributed by atoms with Crippen molar-refractivity contribution in [3.8, 4) is 0 Å². The Labute approximate surface area is 168 Å². The standard InChI is InChI=1S/C22H24F3NO3/c1-3-17(21(28)29-4-2)15-26(20(27)18-8-6-5-7-9-18)14-16-10-12-19(13-11-16)22(23,24)25/h5-13,17H,3-4,14-15H2,1-2H3. The third kappa shape index (κ3) is 6.34. The fourth-order valence-electron chi connectivity index (χ4n) is 2.90. The highest BCUT2D eigenvalue weighted by Crippen LogP contribution is 2.29. The summed E-state index contributed by atoms with van der Waals surface area (Å²) in [7, 11) is 0. The summed E-state index contributed by atoms with van der Waals surface area (Å²) in [4.78, 5) is 26.7. The first kappa shape index (κ1) is 22.5. The average Bonchev–Trinajstić information content (AvgIpc) is 2.71. The largest absolute Gasteiger partial charge is 0.466 e. The van der Waals surface area contributed by atoms with Crippen molar-refractivity contribution in [3.05, 3.63) is 71.3 Å². The zero-order valence-corrected chi connectivity index (χ0v) is 16.4. The maximum absolute atomic E-state index is 13.0. The summed E-state index contributed by atoms with van der Waals surface area (Å²) in [6.07, 6.45) is -3.94. The van der Waals surface area contributed by atoms with E-state index in [-0.39, 0.29) is 25.6 Å². The van der Waals surface area contributed by atoms with Gasteiger partial charge in [0.25, 0.3) is 5.91 Å². The molecule has 0 N–H and O–H groups in total. The zero-order chi connectivity index (χ0) is 21.4. The Morgan fingerprint density at radius 3 is 2.14 bits per heavy atom. The minimum atomic E-state index is -4.42. The maximum Gasteiger partial charge on any atom is 0.416 e. The molecule has 0 aromatic heterocycles. The normalized spacial score (nSPS) is 12.3. The molecule has 0 aliphatic carbocycles. The predicted octanol–water partition coefficient (Wildman–Crippen LogP) is 4.94. The summed E-state index contributed by atoms with van der Waals surface area (Å²) in [5, 5.41) is 0. The van der Waals surface area contributed by atoms with Gasteiger partial charge in [-0.1, -0.05) is 37.3 Å². The quantitative estimate of drug-likeness (QED) is 0.583. The molecule has 0 saturated heterocycles. The third-order valence-electron chi connectivity index (χ3n) is 4.52. The van der Waals surface area contributed by atoms with Crippen LogP contribution in [0.5, 0.6) is 0 Å². The number of hydrogen-bond acceptors (Lipinski definition) is 3. The Kier molecular flexibility index (Phi) is 7.82. The molecule has 0 fully saturated rings. The van der Waals surface area contributed by atoms with Gasteiger partial charge >= 0.3 is 12.1 Å².